The van der Waals surface area contributed by atoms with Crippen LogP contribution in [0, 0.1) is 5.92 Å². The number of rotatable bonds is 1. The minimum Gasteiger partial charge on any atom is -0.467 e. The maximum atomic E-state index is 11.1. The van der Waals surface area contributed by atoms with E-state index in [4.69, 9.17) is 4.74 Å². The Bertz CT molecular complexity index is 178. The molecule has 1 heterocycles. The van der Waals surface area contributed by atoms with Gasteiger partial charge in [-0.2, -0.15) is 0 Å². The predicted octanol–water partition coefficient (Wildman–Crippen LogP) is 1.12. The smallest absolute Gasteiger partial charge is 0.334 e. The maximum Gasteiger partial charge on any atom is 0.334 e. The summed E-state index contributed by atoms with van der Waals surface area (Å²) in [6.07, 6.45) is 4.54. The Balaban J connectivity index is 1.94. The lowest BCUT2D eigenvalue weighted by atomic mass is 10.0. The van der Waals surface area contributed by atoms with E-state index in [0.29, 0.717) is 12.0 Å². The summed E-state index contributed by atoms with van der Waals surface area (Å²) >= 11 is 0. The summed E-state index contributed by atoms with van der Waals surface area (Å²) in [6, 6.07) is 0. The van der Waals surface area contributed by atoms with Crippen LogP contribution in [0.5, 0.6) is 0 Å². The summed E-state index contributed by atoms with van der Waals surface area (Å²) in [5, 5.41) is 0. The van der Waals surface area contributed by atoms with Crippen LogP contribution in [0.2, 0.25) is 0 Å². The van der Waals surface area contributed by atoms with E-state index in [1.807, 2.05) is 0 Å². The summed E-state index contributed by atoms with van der Waals surface area (Å²) in [6.45, 7) is 0. The van der Waals surface area contributed by atoms with Gasteiger partial charge >= 0.3 is 5.97 Å². The first-order chi connectivity index (χ1) is 5.81. The van der Waals surface area contributed by atoms with E-state index < -0.39 is 0 Å². The number of carbonyl (C=O) groups excluding carboxylic acids is 1. The van der Waals surface area contributed by atoms with Crippen molar-refractivity contribution in [3.8, 4) is 0 Å². The maximum absolute atomic E-state index is 11.1. The van der Waals surface area contributed by atoms with E-state index in [-0.39, 0.29) is 12.1 Å². The Morgan fingerprint density at radius 1 is 1.50 bits per heavy atom. The minimum atomic E-state index is -0.273. The summed E-state index contributed by atoms with van der Waals surface area (Å²) < 4.78 is 10.2. The molecule has 0 bridgehead atoms. The molecule has 0 aromatic rings. The zero-order valence-corrected chi connectivity index (χ0v) is 7.29. The van der Waals surface area contributed by atoms with Crippen molar-refractivity contribution in [3.63, 3.8) is 0 Å². The fourth-order valence-corrected chi connectivity index (χ4v) is 2.28. The van der Waals surface area contributed by atoms with Crippen LogP contribution in [0.25, 0.3) is 0 Å². The lowest BCUT2D eigenvalue weighted by molar-refractivity contribution is -0.153. The molecule has 1 saturated heterocycles. The third kappa shape index (κ3) is 1.22. The SMILES string of the molecule is COC(=O)[C@H]1C[C@H]2CCC[C@H]2O1. The van der Waals surface area contributed by atoms with Crippen molar-refractivity contribution >= 4 is 5.97 Å². The van der Waals surface area contributed by atoms with Crippen LogP contribution in [0.15, 0.2) is 0 Å². The first-order valence-corrected chi connectivity index (χ1v) is 4.54. The summed E-state index contributed by atoms with van der Waals surface area (Å²) in [4.78, 5) is 11.1. The van der Waals surface area contributed by atoms with Crippen LogP contribution in [-0.2, 0) is 14.3 Å². The van der Waals surface area contributed by atoms with Crippen LogP contribution in [0.4, 0.5) is 0 Å². The normalized spacial score (nSPS) is 39.6. The molecule has 0 spiro atoms. The van der Waals surface area contributed by atoms with E-state index in [1.54, 1.807) is 0 Å². The Kier molecular flexibility index (Phi) is 2.05. The molecule has 0 unspecified atom stereocenters. The second-order valence-corrected chi connectivity index (χ2v) is 3.61. The van der Waals surface area contributed by atoms with Crippen molar-refractivity contribution in [3.05, 3.63) is 0 Å². The first kappa shape index (κ1) is 8.05. The van der Waals surface area contributed by atoms with E-state index in [2.05, 4.69) is 4.74 Å². The van der Waals surface area contributed by atoms with Crippen molar-refractivity contribution in [1.29, 1.82) is 0 Å². The highest BCUT2D eigenvalue weighted by Gasteiger charge is 2.41. The number of fused-ring (bicyclic) bond motifs is 1. The summed E-state index contributed by atoms with van der Waals surface area (Å²) in [5.74, 6) is 0.415. The summed E-state index contributed by atoms with van der Waals surface area (Å²) in [7, 11) is 1.42. The molecule has 3 heteroatoms. The molecular formula is C9H14O3. The van der Waals surface area contributed by atoms with Gasteiger partial charge in [-0.05, 0) is 25.2 Å². The van der Waals surface area contributed by atoms with Crippen LogP contribution in [0.3, 0.4) is 0 Å². The molecule has 68 valence electrons. The molecule has 0 radical (unpaired) electrons. The third-order valence-corrected chi connectivity index (χ3v) is 2.91. The average Bonchev–Trinajstić information content (AvgIpc) is 2.60. The van der Waals surface area contributed by atoms with Gasteiger partial charge in [0, 0.05) is 0 Å². The molecular weight excluding hydrogens is 156 g/mol. The molecule has 2 aliphatic rings. The highest BCUT2D eigenvalue weighted by Crippen LogP contribution is 2.38. The van der Waals surface area contributed by atoms with Crippen molar-refractivity contribution in [2.24, 2.45) is 5.92 Å². The zero-order valence-electron chi connectivity index (χ0n) is 7.29. The van der Waals surface area contributed by atoms with E-state index in [9.17, 15) is 4.79 Å². The number of carbonyl (C=O) groups is 1. The van der Waals surface area contributed by atoms with Gasteiger partial charge in [-0.3, -0.25) is 0 Å². The highest BCUT2D eigenvalue weighted by atomic mass is 16.6. The average molecular weight is 170 g/mol. The molecule has 2 rings (SSSR count). The van der Waals surface area contributed by atoms with Gasteiger partial charge < -0.3 is 9.47 Å². The lowest BCUT2D eigenvalue weighted by Crippen LogP contribution is -2.22. The number of ether oxygens (including phenoxy) is 2. The molecule has 12 heavy (non-hydrogen) atoms. The van der Waals surface area contributed by atoms with Crippen molar-refractivity contribution < 1.29 is 14.3 Å². The molecule has 1 aliphatic carbocycles. The van der Waals surface area contributed by atoms with Gasteiger partial charge in [-0.25, -0.2) is 4.79 Å². The minimum absolute atomic E-state index is 0.204. The van der Waals surface area contributed by atoms with Crippen molar-refractivity contribution in [2.75, 3.05) is 7.11 Å². The molecule has 3 atom stereocenters. The van der Waals surface area contributed by atoms with Crippen LogP contribution in [0.1, 0.15) is 25.7 Å². The number of hydrogen-bond donors (Lipinski definition) is 0. The number of esters is 1. The molecule has 1 saturated carbocycles. The first-order valence-electron chi connectivity index (χ1n) is 4.54. The second kappa shape index (κ2) is 3.05. The number of methoxy groups -OCH3 is 1. The van der Waals surface area contributed by atoms with Gasteiger partial charge in [0.2, 0.25) is 0 Å². The third-order valence-electron chi connectivity index (χ3n) is 2.91. The Hall–Kier alpha value is -0.570. The van der Waals surface area contributed by atoms with Crippen LogP contribution < -0.4 is 0 Å². The van der Waals surface area contributed by atoms with Crippen molar-refractivity contribution in [1.82, 2.24) is 0 Å². The molecule has 0 amide bonds. The lowest BCUT2D eigenvalue weighted by Gasteiger charge is -2.09. The second-order valence-electron chi connectivity index (χ2n) is 3.61. The largest absolute Gasteiger partial charge is 0.467 e. The topological polar surface area (TPSA) is 35.5 Å². The van der Waals surface area contributed by atoms with Crippen LogP contribution >= 0.6 is 0 Å². The van der Waals surface area contributed by atoms with Gasteiger partial charge in [-0.15, -0.1) is 0 Å². The quantitative estimate of drug-likeness (QED) is 0.553. The van der Waals surface area contributed by atoms with Gasteiger partial charge in [0.1, 0.15) is 0 Å². The highest BCUT2D eigenvalue weighted by molar-refractivity contribution is 5.74. The Morgan fingerprint density at radius 2 is 2.33 bits per heavy atom. The van der Waals surface area contributed by atoms with Gasteiger partial charge in [0.25, 0.3) is 0 Å². The zero-order chi connectivity index (χ0) is 8.55. The Labute approximate surface area is 72.0 Å². The number of hydrogen-bond acceptors (Lipinski definition) is 3. The molecule has 2 fully saturated rings. The molecule has 0 N–H and O–H groups in total. The molecule has 1 aliphatic heterocycles. The molecule has 0 aromatic carbocycles. The van der Waals surface area contributed by atoms with Crippen molar-refractivity contribution in [2.45, 2.75) is 37.9 Å². The van der Waals surface area contributed by atoms with Gasteiger partial charge in [0.15, 0.2) is 6.10 Å². The van der Waals surface area contributed by atoms with Gasteiger partial charge in [0.05, 0.1) is 13.2 Å². The predicted molar refractivity (Wildman–Crippen MR) is 42.6 cm³/mol. The molecule has 3 nitrogen and oxygen atoms in total. The summed E-state index contributed by atoms with van der Waals surface area (Å²) in [5.41, 5.74) is 0. The fourth-order valence-electron chi connectivity index (χ4n) is 2.28. The monoisotopic (exact) mass is 170 g/mol. The Morgan fingerprint density at radius 3 is 3.00 bits per heavy atom. The van der Waals surface area contributed by atoms with Crippen LogP contribution in [-0.4, -0.2) is 25.3 Å². The standard InChI is InChI=1S/C9H14O3/c1-11-9(10)8-5-6-3-2-4-7(6)12-8/h6-8H,2-5H2,1H3/t6-,7-,8-/m1/s1. The van der Waals surface area contributed by atoms with E-state index >= 15 is 0 Å². The molecule has 0 aromatic heterocycles. The van der Waals surface area contributed by atoms with E-state index in [0.717, 1.165) is 12.8 Å². The fraction of sp³-hybridized carbons (Fsp3) is 0.889. The van der Waals surface area contributed by atoms with Gasteiger partial charge in [-0.1, -0.05) is 6.42 Å². The van der Waals surface area contributed by atoms with E-state index in [1.165, 1.54) is 20.0 Å².